The monoisotopic (exact) mass is 730 g/mol. The van der Waals surface area contributed by atoms with Crippen LogP contribution in [0, 0.1) is 17.3 Å². The normalized spacial score (nSPS) is 25.0. The van der Waals surface area contributed by atoms with Crippen molar-refractivity contribution in [1.29, 1.82) is 0 Å². The quantitative estimate of drug-likeness (QED) is 0.153. The van der Waals surface area contributed by atoms with Gasteiger partial charge in [-0.2, -0.15) is 0 Å². The molecule has 3 aliphatic carbocycles. The molecule has 0 aromatic rings. The number of likely N-dealkylation sites (tertiary alicyclic amines) is 1. The van der Waals surface area contributed by atoms with Crippen LogP contribution in [0.3, 0.4) is 0 Å². The number of sulfonamides is 1. The molecule has 4 fully saturated rings. The third kappa shape index (κ3) is 10.2. The van der Waals surface area contributed by atoms with Gasteiger partial charge in [-0.05, 0) is 69.1 Å². The molecule has 17 heteroatoms. The Labute approximate surface area is 292 Å². The van der Waals surface area contributed by atoms with Crippen molar-refractivity contribution in [3.63, 3.8) is 0 Å². The first-order valence-electron chi connectivity index (χ1n) is 17.6. The summed E-state index contributed by atoms with van der Waals surface area (Å²) in [7, 11) is -3.72. The maximum absolute atomic E-state index is 14.5. The van der Waals surface area contributed by atoms with Gasteiger partial charge in [0.05, 0.1) is 12.3 Å². The van der Waals surface area contributed by atoms with Gasteiger partial charge in [-0.15, -0.1) is 0 Å². The van der Waals surface area contributed by atoms with Crippen LogP contribution in [0.5, 0.6) is 0 Å². The lowest BCUT2D eigenvalue weighted by molar-refractivity contribution is -0.149. The van der Waals surface area contributed by atoms with Crippen LogP contribution in [0.1, 0.15) is 98.3 Å². The second kappa shape index (κ2) is 16.0. The van der Waals surface area contributed by atoms with E-state index in [9.17, 15) is 46.0 Å². The molecule has 4 rings (SSSR count). The van der Waals surface area contributed by atoms with E-state index < -0.39 is 93.8 Å². The summed E-state index contributed by atoms with van der Waals surface area (Å²) >= 11 is 0. The number of alkyl halides is 2. The summed E-state index contributed by atoms with van der Waals surface area (Å²) in [4.78, 5) is 82.1. The second-order valence-corrected chi connectivity index (χ2v) is 17.3. The van der Waals surface area contributed by atoms with Crippen LogP contribution in [0.25, 0.3) is 0 Å². The van der Waals surface area contributed by atoms with Crippen molar-refractivity contribution in [2.75, 3.05) is 6.26 Å². The summed E-state index contributed by atoms with van der Waals surface area (Å²) in [6, 6.07) is -6.87. The first-order valence-corrected chi connectivity index (χ1v) is 19.5. The van der Waals surface area contributed by atoms with Crippen molar-refractivity contribution < 1.29 is 46.0 Å². The lowest BCUT2D eigenvalue weighted by Gasteiger charge is -2.41. The Morgan fingerprint density at radius 3 is 2.06 bits per heavy atom. The Morgan fingerprint density at radius 2 is 1.50 bits per heavy atom. The smallest absolute Gasteiger partial charge is 0.289 e. The zero-order valence-electron chi connectivity index (χ0n) is 29.4. The third-order valence-electron chi connectivity index (χ3n) is 10.2. The van der Waals surface area contributed by atoms with Gasteiger partial charge in [-0.25, -0.2) is 21.9 Å². The zero-order chi connectivity index (χ0) is 37.1. The number of nitrogens with one attached hydrogen (secondary N) is 5. The highest BCUT2D eigenvalue weighted by molar-refractivity contribution is 7.88. The Hall–Kier alpha value is -3.21. The van der Waals surface area contributed by atoms with E-state index >= 15 is 0 Å². The highest BCUT2D eigenvalue weighted by Gasteiger charge is 2.54. The molecule has 2 bridgehead atoms. The highest BCUT2D eigenvalue weighted by atomic mass is 32.2. The summed E-state index contributed by atoms with van der Waals surface area (Å²) in [6.45, 7) is 6.57. The number of hydrogen-bond acceptors (Lipinski definition) is 8. The zero-order valence-corrected chi connectivity index (χ0v) is 30.2. The Balaban J connectivity index is 1.55. The highest BCUT2D eigenvalue weighted by Crippen LogP contribution is 2.44. The molecule has 50 heavy (non-hydrogen) atoms. The van der Waals surface area contributed by atoms with Crippen LogP contribution < -0.4 is 26.0 Å². The van der Waals surface area contributed by atoms with Crippen LogP contribution in [-0.4, -0.2) is 104 Å². The van der Waals surface area contributed by atoms with Gasteiger partial charge in [0, 0.05) is 18.5 Å². The fourth-order valence-corrected chi connectivity index (χ4v) is 8.25. The van der Waals surface area contributed by atoms with Crippen LogP contribution >= 0.6 is 0 Å². The SMILES string of the molecule is C[C@H](NS(C)(=O)=O)C(=O)N[C@H](C(=O)N[C@H](C(=O)N1[C@@H]2CC[C@@H](C2)[C@H]1C(=O)N[C@@H](CC(F)F)C(=O)C(=O)NC1CC1)C(C)(C)C)C1CCCCC1. The topological polar surface area (TPSA) is 200 Å². The van der Waals surface area contributed by atoms with Crippen LogP contribution in [0.2, 0.25) is 0 Å². The third-order valence-corrected chi connectivity index (χ3v) is 11.0. The number of fused-ring (bicyclic) bond motifs is 2. The van der Waals surface area contributed by atoms with Gasteiger partial charge in [0.25, 0.3) is 5.91 Å². The average Bonchev–Trinajstić information content (AvgIpc) is 3.59. The molecule has 14 nitrogen and oxygen atoms in total. The number of rotatable bonds is 15. The van der Waals surface area contributed by atoms with Crippen molar-refractivity contribution in [3.8, 4) is 0 Å². The molecule has 0 aromatic heterocycles. The minimum absolute atomic E-state index is 0.198. The number of carbonyl (C=O) groups excluding carboxylic acids is 6. The molecule has 3 saturated carbocycles. The average molecular weight is 731 g/mol. The maximum atomic E-state index is 14.5. The molecule has 0 aromatic carbocycles. The molecule has 1 aliphatic heterocycles. The fourth-order valence-electron chi connectivity index (χ4n) is 7.50. The minimum atomic E-state index is -3.72. The predicted molar refractivity (Wildman–Crippen MR) is 178 cm³/mol. The molecule has 5 N–H and O–H groups in total. The Kier molecular flexibility index (Phi) is 12.7. The minimum Gasteiger partial charge on any atom is -0.347 e. The summed E-state index contributed by atoms with van der Waals surface area (Å²) < 4.78 is 52.8. The largest absolute Gasteiger partial charge is 0.347 e. The van der Waals surface area contributed by atoms with Crippen molar-refractivity contribution >= 4 is 45.3 Å². The maximum Gasteiger partial charge on any atom is 0.289 e. The van der Waals surface area contributed by atoms with Gasteiger partial charge in [0.1, 0.15) is 24.2 Å². The van der Waals surface area contributed by atoms with E-state index in [1.807, 2.05) is 0 Å². The van der Waals surface area contributed by atoms with E-state index in [0.717, 1.165) is 25.5 Å². The standard InChI is InChI=1S/C33H52F2N6O8S/c1-17(40-50(5,48)49)28(43)38-24(18-9-7-6-8-10-18)29(44)39-27(33(2,3)4)32(47)41-21-14-11-19(15-21)25(41)30(45)37-22(16-23(34)35)26(42)31(46)36-20-12-13-20/h17-25,27,40H,6-16H2,1-5H3,(H,36,46)(H,37,45)(H,38,43)(H,39,44)/t17-,19-,21+,22-,24-,25-,27+/m0/s1. The number of piperidine rings is 1. The van der Waals surface area contributed by atoms with E-state index in [1.165, 1.54) is 11.8 Å². The van der Waals surface area contributed by atoms with Crippen LogP contribution in [0.15, 0.2) is 0 Å². The number of halogens is 2. The first kappa shape index (κ1) is 39.6. The molecule has 7 atom stereocenters. The number of nitrogens with zero attached hydrogens (tertiary/aromatic N) is 1. The molecule has 5 amide bonds. The van der Waals surface area contributed by atoms with Gasteiger partial charge in [0.15, 0.2) is 0 Å². The molecule has 1 saturated heterocycles. The Morgan fingerprint density at radius 1 is 0.860 bits per heavy atom. The van der Waals surface area contributed by atoms with Crippen molar-refractivity contribution in [3.05, 3.63) is 0 Å². The number of ketones is 1. The summed E-state index contributed by atoms with van der Waals surface area (Å²) in [5.74, 6) is -5.52. The van der Waals surface area contributed by atoms with E-state index in [1.54, 1.807) is 20.8 Å². The number of Topliss-reactive ketones (excluding diaryl/α,β-unsaturated/α-hetero) is 1. The van der Waals surface area contributed by atoms with Crippen molar-refractivity contribution in [2.45, 2.75) is 147 Å². The van der Waals surface area contributed by atoms with E-state index in [-0.39, 0.29) is 23.9 Å². The summed E-state index contributed by atoms with van der Waals surface area (Å²) in [5.41, 5.74) is -0.892. The van der Waals surface area contributed by atoms with Gasteiger partial charge in [0.2, 0.25) is 45.9 Å². The molecule has 282 valence electrons. The summed E-state index contributed by atoms with van der Waals surface area (Å²) in [6.07, 6.45) is 3.74. The summed E-state index contributed by atoms with van der Waals surface area (Å²) in [5, 5.41) is 10.4. The van der Waals surface area contributed by atoms with E-state index in [2.05, 4.69) is 26.0 Å². The molecular weight excluding hydrogens is 678 g/mol. The lowest BCUT2D eigenvalue weighted by atomic mass is 9.81. The molecule has 1 heterocycles. The van der Waals surface area contributed by atoms with Crippen LogP contribution in [0.4, 0.5) is 8.78 Å². The number of amides is 5. The fraction of sp³-hybridized carbons (Fsp3) is 0.818. The molecule has 0 radical (unpaired) electrons. The molecular formula is C33H52F2N6O8S. The molecule has 4 aliphatic rings. The van der Waals surface area contributed by atoms with Gasteiger partial charge >= 0.3 is 0 Å². The second-order valence-electron chi connectivity index (χ2n) is 15.5. The molecule has 0 spiro atoms. The van der Waals surface area contributed by atoms with Gasteiger partial charge in [-0.1, -0.05) is 40.0 Å². The van der Waals surface area contributed by atoms with Gasteiger partial charge < -0.3 is 26.2 Å². The van der Waals surface area contributed by atoms with E-state index in [0.29, 0.717) is 44.9 Å². The lowest BCUT2D eigenvalue weighted by Crippen LogP contribution is -2.64. The van der Waals surface area contributed by atoms with Crippen LogP contribution in [-0.2, 0) is 38.8 Å². The Bertz CT molecular complexity index is 1430. The van der Waals surface area contributed by atoms with E-state index in [4.69, 9.17) is 0 Å². The first-order chi connectivity index (χ1) is 23.3. The van der Waals surface area contributed by atoms with Crippen molar-refractivity contribution in [2.24, 2.45) is 17.3 Å². The number of hydrogen-bond donors (Lipinski definition) is 5. The van der Waals surface area contributed by atoms with Gasteiger partial charge in [-0.3, -0.25) is 28.8 Å². The number of carbonyl (C=O) groups is 6. The molecule has 0 unspecified atom stereocenters. The van der Waals surface area contributed by atoms with Crippen molar-refractivity contribution in [1.82, 2.24) is 30.9 Å². The predicted octanol–water partition coefficient (Wildman–Crippen LogP) is 0.887.